The normalized spacial score (nSPS) is 17.3. The molecule has 1 N–H and O–H groups in total. The largest absolute Gasteiger partial charge is 0.433 e. The molecule has 1 aliphatic rings. The summed E-state index contributed by atoms with van der Waals surface area (Å²) < 4.78 is 38.0. The lowest BCUT2D eigenvalue weighted by molar-refractivity contribution is -0.141. The molecule has 1 fully saturated rings. The first-order valence-corrected chi connectivity index (χ1v) is 9.37. The van der Waals surface area contributed by atoms with Gasteiger partial charge in [0.05, 0.1) is 10.4 Å². The zero-order chi connectivity index (χ0) is 20.6. The Morgan fingerprint density at radius 3 is 2.76 bits per heavy atom. The van der Waals surface area contributed by atoms with Gasteiger partial charge < -0.3 is 5.32 Å². The number of halogens is 4. The SMILES string of the molecule is O=C1NC(=Nc2ccc(C(F)(F)F)nc2Cl)SC1=Cc1ccc2ncccc2c1. The fourth-order valence-electron chi connectivity index (χ4n) is 2.59. The summed E-state index contributed by atoms with van der Waals surface area (Å²) in [5.74, 6) is -0.365. The van der Waals surface area contributed by atoms with E-state index in [2.05, 4.69) is 20.3 Å². The highest BCUT2D eigenvalue weighted by molar-refractivity contribution is 8.18. The van der Waals surface area contributed by atoms with Crippen molar-refractivity contribution in [2.75, 3.05) is 0 Å². The van der Waals surface area contributed by atoms with Crippen molar-refractivity contribution in [3.05, 3.63) is 70.0 Å². The number of nitrogens with zero attached hydrogens (tertiary/aromatic N) is 3. The van der Waals surface area contributed by atoms with Crippen LogP contribution in [-0.4, -0.2) is 21.0 Å². The Morgan fingerprint density at radius 1 is 1.17 bits per heavy atom. The average molecular weight is 435 g/mol. The van der Waals surface area contributed by atoms with Crippen LogP contribution in [0.3, 0.4) is 0 Å². The van der Waals surface area contributed by atoms with Crippen molar-refractivity contribution in [2.24, 2.45) is 4.99 Å². The van der Waals surface area contributed by atoms with E-state index in [1.54, 1.807) is 12.3 Å². The minimum Gasteiger partial charge on any atom is -0.300 e. The maximum Gasteiger partial charge on any atom is 0.433 e. The summed E-state index contributed by atoms with van der Waals surface area (Å²) in [4.78, 5) is 24.3. The van der Waals surface area contributed by atoms with Gasteiger partial charge in [-0.05, 0) is 53.7 Å². The number of amidine groups is 1. The summed E-state index contributed by atoms with van der Waals surface area (Å²) in [5.41, 5.74) is 0.560. The predicted octanol–water partition coefficient (Wildman–Crippen LogP) is 5.19. The third-order valence-corrected chi connectivity index (χ3v) is 5.11. The Bertz CT molecular complexity index is 1190. The average Bonchev–Trinajstić information content (AvgIpc) is 3.01. The first kappa shape index (κ1) is 19.4. The van der Waals surface area contributed by atoms with Crippen LogP contribution in [0.4, 0.5) is 18.9 Å². The molecular formula is C19H10ClF3N4OS. The molecule has 1 amide bonds. The number of fused-ring (bicyclic) bond motifs is 1. The molecular weight excluding hydrogens is 425 g/mol. The number of hydrogen-bond donors (Lipinski definition) is 1. The quantitative estimate of drug-likeness (QED) is 0.445. The van der Waals surface area contributed by atoms with Gasteiger partial charge in [-0.3, -0.25) is 9.78 Å². The van der Waals surface area contributed by atoms with Gasteiger partial charge in [-0.25, -0.2) is 9.98 Å². The van der Waals surface area contributed by atoms with Crippen molar-refractivity contribution < 1.29 is 18.0 Å². The summed E-state index contributed by atoms with van der Waals surface area (Å²) >= 11 is 6.87. The highest BCUT2D eigenvalue weighted by atomic mass is 35.5. The van der Waals surface area contributed by atoms with Crippen LogP contribution in [0.1, 0.15) is 11.3 Å². The predicted molar refractivity (Wildman–Crippen MR) is 107 cm³/mol. The molecule has 0 unspecified atom stereocenters. The van der Waals surface area contributed by atoms with Gasteiger partial charge in [0.2, 0.25) is 0 Å². The Morgan fingerprint density at radius 2 is 2.00 bits per heavy atom. The van der Waals surface area contributed by atoms with Crippen molar-refractivity contribution in [2.45, 2.75) is 6.18 Å². The van der Waals surface area contributed by atoms with E-state index in [1.165, 1.54) is 0 Å². The lowest BCUT2D eigenvalue weighted by Gasteiger charge is -2.06. The van der Waals surface area contributed by atoms with Gasteiger partial charge in [0, 0.05) is 11.6 Å². The molecule has 1 aliphatic heterocycles. The number of carbonyl (C=O) groups excluding carboxylic acids is 1. The molecule has 10 heteroatoms. The third kappa shape index (κ3) is 4.25. The summed E-state index contributed by atoms with van der Waals surface area (Å²) in [5, 5.41) is 3.30. The molecule has 3 heterocycles. The number of rotatable bonds is 2. The Kier molecular flexibility index (Phi) is 5.01. The number of pyridine rings is 2. The maximum absolute atomic E-state index is 12.7. The number of nitrogens with one attached hydrogen (secondary N) is 1. The summed E-state index contributed by atoms with van der Waals surface area (Å²) in [7, 11) is 0. The van der Waals surface area contributed by atoms with Gasteiger partial charge in [-0.15, -0.1) is 0 Å². The Labute approximate surface area is 171 Å². The summed E-state index contributed by atoms with van der Waals surface area (Å²) in [6, 6.07) is 11.2. The topological polar surface area (TPSA) is 67.2 Å². The molecule has 0 atom stereocenters. The van der Waals surface area contributed by atoms with Crippen molar-refractivity contribution in [3.8, 4) is 0 Å². The molecule has 29 heavy (non-hydrogen) atoms. The van der Waals surface area contributed by atoms with Gasteiger partial charge in [-0.1, -0.05) is 23.7 Å². The molecule has 0 saturated carbocycles. The highest BCUT2D eigenvalue weighted by Crippen LogP contribution is 2.34. The molecule has 2 aromatic heterocycles. The monoisotopic (exact) mass is 434 g/mol. The molecule has 0 bridgehead atoms. The van der Waals surface area contributed by atoms with Gasteiger partial charge in [0.25, 0.3) is 5.91 Å². The number of alkyl halides is 3. The van der Waals surface area contributed by atoms with Gasteiger partial charge in [0.1, 0.15) is 11.4 Å². The first-order chi connectivity index (χ1) is 13.8. The molecule has 146 valence electrons. The zero-order valence-electron chi connectivity index (χ0n) is 14.4. The number of amides is 1. The summed E-state index contributed by atoms with van der Waals surface area (Å²) in [6.07, 6.45) is -1.21. The van der Waals surface area contributed by atoms with Crippen LogP contribution in [0.5, 0.6) is 0 Å². The molecule has 1 saturated heterocycles. The van der Waals surface area contributed by atoms with Crippen LogP contribution in [0.25, 0.3) is 17.0 Å². The van der Waals surface area contributed by atoms with Crippen molar-refractivity contribution in [3.63, 3.8) is 0 Å². The lowest BCUT2D eigenvalue weighted by atomic mass is 10.1. The minimum atomic E-state index is -4.60. The van der Waals surface area contributed by atoms with Crippen LogP contribution in [0, 0.1) is 0 Å². The van der Waals surface area contributed by atoms with Crippen LogP contribution in [-0.2, 0) is 11.0 Å². The Hall–Kier alpha value is -2.91. The molecule has 0 spiro atoms. The van der Waals surface area contributed by atoms with E-state index in [4.69, 9.17) is 11.6 Å². The van der Waals surface area contributed by atoms with Crippen molar-refractivity contribution >= 4 is 57.1 Å². The number of thioether (sulfide) groups is 1. The fraction of sp³-hybridized carbons (Fsp3) is 0.0526. The van der Waals surface area contributed by atoms with Gasteiger partial charge >= 0.3 is 6.18 Å². The zero-order valence-corrected chi connectivity index (χ0v) is 15.9. The van der Waals surface area contributed by atoms with E-state index in [0.717, 1.165) is 40.4 Å². The standard InChI is InChI=1S/C19H10ClF3N4OS/c20-16-13(5-6-15(26-16)19(21,22)23)25-18-27-17(28)14(29-18)9-10-3-4-12-11(8-10)2-1-7-24-12/h1-9H,(H,25,27,28). The van der Waals surface area contributed by atoms with Crippen LogP contribution < -0.4 is 5.32 Å². The highest BCUT2D eigenvalue weighted by Gasteiger charge is 2.33. The Balaban J connectivity index is 1.59. The smallest absolute Gasteiger partial charge is 0.300 e. The van der Waals surface area contributed by atoms with Crippen LogP contribution >= 0.6 is 23.4 Å². The number of aliphatic imine (C=N–C) groups is 1. The fourth-order valence-corrected chi connectivity index (χ4v) is 3.62. The summed E-state index contributed by atoms with van der Waals surface area (Å²) in [6.45, 7) is 0. The number of benzene rings is 1. The van der Waals surface area contributed by atoms with Crippen molar-refractivity contribution in [1.29, 1.82) is 0 Å². The van der Waals surface area contributed by atoms with E-state index in [9.17, 15) is 18.0 Å². The molecule has 0 radical (unpaired) electrons. The second-order valence-electron chi connectivity index (χ2n) is 5.94. The van der Waals surface area contributed by atoms with E-state index in [1.807, 2.05) is 30.3 Å². The van der Waals surface area contributed by atoms with Crippen LogP contribution in [0.2, 0.25) is 5.15 Å². The maximum atomic E-state index is 12.7. The molecule has 0 aliphatic carbocycles. The van der Waals surface area contributed by atoms with E-state index >= 15 is 0 Å². The lowest BCUT2D eigenvalue weighted by Crippen LogP contribution is -2.19. The van der Waals surface area contributed by atoms with Gasteiger partial charge in [0.15, 0.2) is 10.3 Å². The van der Waals surface area contributed by atoms with E-state index < -0.39 is 17.0 Å². The molecule has 3 aromatic rings. The minimum absolute atomic E-state index is 0.0282. The molecule has 4 rings (SSSR count). The van der Waals surface area contributed by atoms with Crippen molar-refractivity contribution in [1.82, 2.24) is 15.3 Å². The second kappa shape index (κ2) is 7.49. The number of aromatic nitrogens is 2. The first-order valence-electron chi connectivity index (χ1n) is 8.18. The van der Waals surface area contributed by atoms with Gasteiger partial charge in [-0.2, -0.15) is 13.2 Å². The van der Waals surface area contributed by atoms with E-state index in [-0.39, 0.29) is 16.8 Å². The number of carbonyl (C=O) groups is 1. The number of hydrogen-bond acceptors (Lipinski definition) is 5. The molecule has 5 nitrogen and oxygen atoms in total. The second-order valence-corrected chi connectivity index (χ2v) is 7.33. The molecule has 1 aromatic carbocycles. The van der Waals surface area contributed by atoms with Crippen LogP contribution in [0.15, 0.2) is 58.6 Å². The third-order valence-electron chi connectivity index (χ3n) is 3.92. The van der Waals surface area contributed by atoms with E-state index in [0.29, 0.717) is 4.91 Å².